The Morgan fingerprint density at radius 1 is 1.09 bits per heavy atom. The van der Waals surface area contributed by atoms with Gasteiger partial charge in [-0.25, -0.2) is 0 Å². The summed E-state index contributed by atoms with van der Waals surface area (Å²) in [7, 11) is 0. The fraction of sp³-hybridized carbons (Fsp3) is 0.333. The van der Waals surface area contributed by atoms with Crippen molar-refractivity contribution in [2.45, 2.75) is 25.5 Å². The van der Waals surface area contributed by atoms with Gasteiger partial charge in [-0.05, 0) is 36.6 Å². The second-order valence-corrected chi connectivity index (χ2v) is 5.59. The van der Waals surface area contributed by atoms with Crippen LogP contribution in [0, 0.1) is 0 Å². The Bertz CT molecular complexity index is 615. The Kier molecular flexibility index (Phi) is 4.61. The molecule has 116 valence electrons. The van der Waals surface area contributed by atoms with Crippen molar-refractivity contribution in [3.8, 4) is 11.5 Å². The monoisotopic (exact) mass is 299 g/mol. The van der Waals surface area contributed by atoms with Crippen LogP contribution in [0.5, 0.6) is 11.5 Å². The highest BCUT2D eigenvalue weighted by Gasteiger charge is 2.16. The van der Waals surface area contributed by atoms with Crippen molar-refractivity contribution in [2.75, 3.05) is 13.3 Å². The van der Waals surface area contributed by atoms with Crippen LogP contribution >= 0.6 is 0 Å². The van der Waals surface area contributed by atoms with Crippen LogP contribution in [0.3, 0.4) is 0 Å². The van der Waals surface area contributed by atoms with Crippen molar-refractivity contribution < 1.29 is 14.6 Å². The van der Waals surface area contributed by atoms with E-state index in [1.165, 1.54) is 0 Å². The SMILES string of the molecule is CC(NCC(O)Cc1ccccc1)c1ccc2c(c1)OCO2. The van der Waals surface area contributed by atoms with Gasteiger partial charge in [0.15, 0.2) is 11.5 Å². The van der Waals surface area contributed by atoms with Gasteiger partial charge in [-0.1, -0.05) is 36.4 Å². The number of ether oxygens (including phenoxy) is 2. The molecule has 4 nitrogen and oxygen atoms in total. The minimum Gasteiger partial charge on any atom is -0.454 e. The first-order chi connectivity index (χ1) is 10.7. The summed E-state index contributed by atoms with van der Waals surface area (Å²) >= 11 is 0. The Balaban J connectivity index is 1.52. The van der Waals surface area contributed by atoms with Crippen LogP contribution in [-0.2, 0) is 6.42 Å². The zero-order valence-electron chi connectivity index (χ0n) is 12.7. The van der Waals surface area contributed by atoms with E-state index < -0.39 is 6.10 Å². The third kappa shape index (κ3) is 3.59. The zero-order chi connectivity index (χ0) is 15.4. The Hall–Kier alpha value is -2.04. The summed E-state index contributed by atoms with van der Waals surface area (Å²) in [5.74, 6) is 1.58. The number of benzene rings is 2. The molecule has 1 aliphatic heterocycles. The highest BCUT2D eigenvalue weighted by molar-refractivity contribution is 5.45. The molecule has 0 saturated carbocycles. The van der Waals surface area contributed by atoms with Crippen LogP contribution in [0.15, 0.2) is 48.5 Å². The minimum atomic E-state index is -0.404. The first kappa shape index (κ1) is 14.9. The van der Waals surface area contributed by atoms with Crippen molar-refractivity contribution in [1.82, 2.24) is 5.32 Å². The van der Waals surface area contributed by atoms with Gasteiger partial charge in [-0.3, -0.25) is 0 Å². The number of fused-ring (bicyclic) bond motifs is 1. The topological polar surface area (TPSA) is 50.7 Å². The lowest BCUT2D eigenvalue weighted by Gasteiger charge is -2.18. The third-order valence-electron chi connectivity index (χ3n) is 3.87. The van der Waals surface area contributed by atoms with E-state index >= 15 is 0 Å². The average molecular weight is 299 g/mol. The standard InChI is InChI=1S/C18H21NO3/c1-13(15-7-8-17-18(10-15)22-12-21-17)19-11-16(20)9-14-5-3-2-4-6-14/h2-8,10,13,16,19-20H,9,11-12H2,1H3. The lowest BCUT2D eigenvalue weighted by molar-refractivity contribution is 0.168. The van der Waals surface area contributed by atoms with E-state index in [-0.39, 0.29) is 12.8 Å². The number of nitrogens with one attached hydrogen (secondary N) is 1. The van der Waals surface area contributed by atoms with E-state index in [0.717, 1.165) is 22.6 Å². The molecule has 0 saturated heterocycles. The van der Waals surface area contributed by atoms with Crippen molar-refractivity contribution in [3.05, 3.63) is 59.7 Å². The predicted octanol–water partition coefficient (Wildman–Crippen LogP) is 2.67. The highest BCUT2D eigenvalue weighted by atomic mass is 16.7. The first-order valence-corrected chi connectivity index (χ1v) is 7.57. The van der Waals surface area contributed by atoms with Gasteiger partial charge in [0.2, 0.25) is 6.79 Å². The molecule has 1 heterocycles. The van der Waals surface area contributed by atoms with Crippen molar-refractivity contribution in [2.24, 2.45) is 0 Å². The summed E-state index contributed by atoms with van der Waals surface area (Å²) in [6, 6.07) is 16.1. The van der Waals surface area contributed by atoms with Crippen molar-refractivity contribution in [1.29, 1.82) is 0 Å². The summed E-state index contributed by atoms with van der Waals surface area (Å²) in [5, 5.41) is 13.5. The van der Waals surface area contributed by atoms with E-state index in [2.05, 4.69) is 12.2 Å². The summed E-state index contributed by atoms with van der Waals surface area (Å²) in [6.07, 6.45) is 0.251. The van der Waals surface area contributed by atoms with Gasteiger partial charge in [0, 0.05) is 12.6 Å². The minimum absolute atomic E-state index is 0.139. The molecule has 3 rings (SSSR count). The molecule has 1 aliphatic rings. The molecule has 4 heteroatoms. The maximum atomic E-state index is 10.1. The molecule has 0 radical (unpaired) electrons. The van der Waals surface area contributed by atoms with E-state index in [0.29, 0.717) is 13.0 Å². The molecule has 22 heavy (non-hydrogen) atoms. The molecular weight excluding hydrogens is 278 g/mol. The molecule has 2 N–H and O–H groups in total. The number of aliphatic hydroxyl groups excluding tert-OH is 1. The van der Waals surface area contributed by atoms with E-state index in [9.17, 15) is 5.11 Å². The van der Waals surface area contributed by atoms with E-state index in [4.69, 9.17) is 9.47 Å². The molecule has 2 aromatic rings. The van der Waals surface area contributed by atoms with Crippen LogP contribution in [0.4, 0.5) is 0 Å². The van der Waals surface area contributed by atoms with Gasteiger partial charge >= 0.3 is 0 Å². The van der Waals surface area contributed by atoms with Crippen LogP contribution < -0.4 is 14.8 Å². The fourth-order valence-corrected chi connectivity index (χ4v) is 2.57. The predicted molar refractivity (Wildman–Crippen MR) is 85.1 cm³/mol. The molecule has 0 bridgehead atoms. The van der Waals surface area contributed by atoms with E-state index in [1.807, 2.05) is 48.5 Å². The normalized spacial score (nSPS) is 15.5. The molecule has 0 amide bonds. The quantitative estimate of drug-likeness (QED) is 0.861. The van der Waals surface area contributed by atoms with Gasteiger partial charge in [0.25, 0.3) is 0 Å². The molecule has 2 aromatic carbocycles. The Morgan fingerprint density at radius 2 is 1.86 bits per heavy atom. The number of hydrogen-bond donors (Lipinski definition) is 2. The molecule has 2 unspecified atom stereocenters. The van der Waals surface area contributed by atoms with Crippen molar-refractivity contribution in [3.63, 3.8) is 0 Å². The maximum absolute atomic E-state index is 10.1. The second kappa shape index (κ2) is 6.81. The third-order valence-corrected chi connectivity index (χ3v) is 3.87. The molecule has 0 spiro atoms. The molecule has 0 aromatic heterocycles. The molecule has 0 aliphatic carbocycles. The molecule has 2 atom stereocenters. The fourth-order valence-electron chi connectivity index (χ4n) is 2.57. The number of aliphatic hydroxyl groups is 1. The Morgan fingerprint density at radius 3 is 2.68 bits per heavy atom. The summed E-state index contributed by atoms with van der Waals surface area (Å²) in [5.41, 5.74) is 2.27. The maximum Gasteiger partial charge on any atom is 0.231 e. The largest absolute Gasteiger partial charge is 0.454 e. The smallest absolute Gasteiger partial charge is 0.231 e. The lowest BCUT2D eigenvalue weighted by Crippen LogP contribution is -2.30. The summed E-state index contributed by atoms with van der Waals surface area (Å²) in [6.45, 7) is 2.91. The van der Waals surface area contributed by atoms with Crippen LogP contribution in [0.1, 0.15) is 24.1 Å². The molecular formula is C18H21NO3. The zero-order valence-corrected chi connectivity index (χ0v) is 12.7. The van der Waals surface area contributed by atoms with Crippen LogP contribution in [0.25, 0.3) is 0 Å². The van der Waals surface area contributed by atoms with Gasteiger partial charge in [-0.15, -0.1) is 0 Å². The van der Waals surface area contributed by atoms with Gasteiger partial charge in [-0.2, -0.15) is 0 Å². The van der Waals surface area contributed by atoms with Gasteiger partial charge < -0.3 is 19.9 Å². The average Bonchev–Trinajstić information content (AvgIpc) is 3.01. The van der Waals surface area contributed by atoms with Gasteiger partial charge in [0.05, 0.1) is 6.10 Å². The van der Waals surface area contributed by atoms with Gasteiger partial charge in [0.1, 0.15) is 0 Å². The lowest BCUT2D eigenvalue weighted by atomic mass is 10.1. The second-order valence-electron chi connectivity index (χ2n) is 5.59. The number of rotatable bonds is 6. The molecule has 0 fully saturated rings. The number of hydrogen-bond acceptors (Lipinski definition) is 4. The Labute approximate surface area is 130 Å². The summed E-state index contributed by atoms with van der Waals surface area (Å²) < 4.78 is 10.7. The first-order valence-electron chi connectivity index (χ1n) is 7.57. The van der Waals surface area contributed by atoms with E-state index in [1.54, 1.807) is 0 Å². The van der Waals surface area contributed by atoms with Crippen molar-refractivity contribution >= 4 is 0 Å². The van der Waals surface area contributed by atoms with Crippen LogP contribution in [-0.4, -0.2) is 24.5 Å². The van der Waals surface area contributed by atoms with Crippen LogP contribution in [0.2, 0.25) is 0 Å². The summed E-state index contributed by atoms with van der Waals surface area (Å²) in [4.78, 5) is 0. The highest BCUT2D eigenvalue weighted by Crippen LogP contribution is 2.34.